The molecule has 2 N–H and O–H groups in total. The van der Waals surface area contributed by atoms with E-state index in [1.54, 1.807) is 22.0 Å². The standard InChI is InChI=1S/C16H20N4O2/c17-14-10-18-20(11-14)15-8-4-5-9-19(15)16(21)22-12-13-6-2-1-3-7-13/h1-3,6-7,10-11,15H,4-5,8-9,12,17H2. The Hall–Kier alpha value is -2.50. The number of rotatable bonds is 3. The Morgan fingerprint density at radius 2 is 2.14 bits per heavy atom. The number of anilines is 1. The average Bonchev–Trinajstić information content (AvgIpc) is 3.00. The summed E-state index contributed by atoms with van der Waals surface area (Å²) in [5.41, 5.74) is 7.30. The number of benzene rings is 1. The van der Waals surface area contributed by atoms with E-state index in [1.165, 1.54) is 0 Å². The third kappa shape index (κ3) is 3.21. The molecule has 1 aromatic heterocycles. The molecule has 0 spiro atoms. The fourth-order valence-corrected chi connectivity index (χ4v) is 2.72. The third-order valence-corrected chi connectivity index (χ3v) is 3.84. The normalized spacial score (nSPS) is 18.2. The molecule has 116 valence electrons. The zero-order valence-corrected chi connectivity index (χ0v) is 12.4. The van der Waals surface area contributed by atoms with E-state index in [4.69, 9.17) is 10.5 Å². The Morgan fingerprint density at radius 1 is 1.32 bits per heavy atom. The van der Waals surface area contributed by atoms with Crippen LogP contribution in [0.25, 0.3) is 0 Å². The Balaban J connectivity index is 1.66. The molecular formula is C16H20N4O2. The number of likely N-dealkylation sites (tertiary alicyclic amines) is 1. The molecule has 1 aliphatic rings. The van der Waals surface area contributed by atoms with Gasteiger partial charge in [-0.25, -0.2) is 9.48 Å². The number of carbonyl (C=O) groups excluding carboxylic acids is 1. The van der Waals surface area contributed by atoms with Crippen LogP contribution in [0.5, 0.6) is 0 Å². The molecule has 6 nitrogen and oxygen atoms in total. The number of hydrogen-bond acceptors (Lipinski definition) is 4. The van der Waals surface area contributed by atoms with Gasteiger partial charge in [0, 0.05) is 6.54 Å². The lowest BCUT2D eigenvalue weighted by atomic mass is 10.1. The highest BCUT2D eigenvalue weighted by Gasteiger charge is 2.29. The van der Waals surface area contributed by atoms with E-state index < -0.39 is 0 Å². The zero-order chi connectivity index (χ0) is 15.4. The van der Waals surface area contributed by atoms with E-state index in [0.29, 0.717) is 12.2 Å². The first-order chi connectivity index (χ1) is 10.7. The number of amides is 1. The lowest BCUT2D eigenvalue weighted by Gasteiger charge is -2.34. The number of nitrogen functional groups attached to an aromatic ring is 1. The molecule has 0 saturated carbocycles. The molecule has 1 aromatic carbocycles. The number of aromatic nitrogens is 2. The van der Waals surface area contributed by atoms with Crippen LogP contribution in [0.1, 0.15) is 31.0 Å². The van der Waals surface area contributed by atoms with Crippen LogP contribution in [-0.4, -0.2) is 27.3 Å². The van der Waals surface area contributed by atoms with Crippen molar-refractivity contribution in [2.24, 2.45) is 0 Å². The first-order valence-electron chi connectivity index (χ1n) is 7.51. The topological polar surface area (TPSA) is 73.4 Å². The fraction of sp³-hybridized carbons (Fsp3) is 0.375. The minimum absolute atomic E-state index is 0.116. The highest BCUT2D eigenvalue weighted by Crippen LogP contribution is 2.26. The average molecular weight is 300 g/mol. The smallest absolute Gasteiger partial charge is 0.411 e. The molecule has 0 bridgehead atoms. The molecule has 0 radical (unpaired) electrons. The summed E-state index contributed by atoms with van der Waals surface area (Å²) in [5, 5.41) is 4.23. The van der Waals surface area contributed by atoms with Gasteiger partial charge in [0.05, 0.1) is 18.1 Å². The summed E-state index contributed by atoms with van der Waals surface area (Å²) in [5.74, 6) is 0. The first kappa shape index (κ1) is 14.4. The molecule has 1 atom stereocenters. The molecule has 1 amide bonds. The van der Waals surface area contributed by atoms with Gasteiger partial charge in [0.15, 0.2) is 0 Å². The van der Waals surface area contributed by atoms with Gasteiger partial charge in [0.1, 0.15) is 12.8 Å². The number of nitrogens with two attached hydrogens (primary N) is 1. The maximum absolute atomic E-state index is 12.4. The molecule has 1 saturated heterocycles. The second-order valence-corrected chi connectivity index (χ2v) is 5.46. The molecular weight excluding hydrogens is 280 g/mol. The zero-order valence-electron chi connectivity index (χ0n) is 12.4. The predicted octanol–water partition coefficient (Wildman–Crippen LogP) is 2.79. The van der Waals surface area contributed by atoms with Gasteiger partial charge in [-0.1, -0.05) is 30.3 Å². The van der Waals surface area contributed by atoms with Gasteiger partial charge in [0.2, 0.25) is 0 Å². The molecule has 6 heteroatoms. The summed E-state index contributed by atoms with van der Waals surface area (Å²) in [7, 11) is 0. The molecule has 0 aliphatic carbocycles. The van der Waals surface area contributed by atoms with Crippen LogP contribution >= 0.6 is 0 Å². The highest BCUT2D eigenvalue weighted by molar-refractivity contribution is 5.68. The summed E-state index contributed by atoms with van der Waals surface area (Å²) in [4.78, 5) is 14.1. The van der Waals surface area contributed by atoms with Gasteiger partial charge in [0.25, 0.3) is 0 Å². The minimum Gasteiger partial charge on any atom is -0.444 e. The van der Waals surface area contributed by atoms with Crippen molar-refractivity contribution in [3.8, 4) is 0 Å². The third-order valence-electron chi connectivity index (χ3n) is 3.84. The van der Waals surface area contributed by atoms with Crippen molar-refractivity contribution in [2.45, 2.75) is 32.0 Å². The lowest BCUT2D eigenvalue weighted by molar-refractivity contribution is 0.0439. The lowest BCUT2D eigenvalue weighted by Crippen LogP contribution is -2.41. The van der Waals surface area contributed by atoms with E-state index in [2.05, 4.69) is 5.10 Å². The maximum atomic E-state index is 12.4. The summed E-state index contributed by atoms with van der Waals surface area (Å²) >= 11 is 0. The van der Waals surface area contributed by atoms with E-state index >= 15 is 0 Å². The van der Waals surface area contributed by atoms with Crippen molar-refractivity contribution in [2.75, 3.05) is 12.3 Å². The number of piperidine rings is 1. The number of nitrogens with zero attached hydrogens (tertiary/aromatic N) is 3. The van der Waals surface area contributed by atoms with Crippen LogP contribution in [0.4, 0.5) is 10.5 Å². The van der Waals surface area contributed by atoms with Crippen LogP contribution < -0.4 is 5.73 Å². The predicted molar refractivity (Wildman–Crippen MR) is 82.9 cm³/mol. The SMILES string of the molecule is Nc1cnn(C2CCCCN2C(=O)OCc2ccccc2)c1. The molecule has 1 fully saturated rings. The molecule has 1 aliphatic heterocycles. The van der Waals surface area contributed by atoms with Gasteiger partial charge in [-0.15, -0.1) is 0 Å². The minimum atomic E-state index is -0.303. The molecule has 3 rings (SSSR count). The van der Waals surface area contributed by atoms with Crippen molar-refractivity contribution in [3.63, 3.8) is 0 Å². The molecule has 22 heavy (non-hydrogen) atoms. The van der Waals surface area contributed by atoms with E-state index in [0.717, 1.165) is 24.8 Å². The Labute approximate surface area is 129 Å². The number of ether oxygens (including phenoxy) is 1. The molecule has 1 unspecified atom stereocenters. The van der Waals surface area contributed by atoms with Crippen LogP contribution in [0.3, 0.4) is 0 Å². The Morgan fingerprint density at radius 3 is 2.86 bits per heavy atom. The molecule has 2 heterocycles. The van der Waals surface area contributed by atoms with Gasteiger partial charge >= 0.3 is 6.09 Å². The molecule has 2 aromatic rings. The monoisotopic (exact) mass is 300 g/mol. The highest BCUT2D eigenvalue weighted by atomic mass is 16.6. The van der Waals surface area contributed by atoms with Crippen molar-refractivity contribution >= 4 is 11.8 Å². The Kier molecular flexibility index (Phi) is 4.27. The van der Waals surface area contributed by atoms with Crippen LogP contribution in [0.2, 0.25) is 0 Å². The Bertz CT molecular complexity index is 626. The maximum Gasteiger partial charge on any atom is 0.411 e. The van der Waals surface area contributed by atoms with Crippen LogP contribution in [0.15, 0.2) is 42.7 Å². The van der Waals surface area contributed by atoms with Crippen molar-refractivity contribution in [3.05, 3.63) is 48.3 Å². The van der Waals surface area contributed by atoms with Crippen molar-refractivity contribution in [1.29, 1.82) is 0 Å². The first-order valence-corrected chi connectivity index (χ1v) is 7.51. The number of hydrogen-bond donors (Lipinski definition) is 1. The summed E-state index contributed by atoms with van der Waals surface area (Å²) in [6.45, 7) is 0.961. The van der Waals surface area contributed by atoms with Crippen molar-refractivity contribution in [1.82, 2.24) is 14.7 Å². The van der Waals surface area contributed by atoms with E-state index in [9.17, 15) is 4.79 Å². The van der Waals surface area contributed by atoms with Gasteiger partial charge in [-0.05, 0) is 24.8 Å². The van der Waals surface area contributed by atoms with Gasteiger partial charge in [-0.2, -0.15) is 5.10 Å². The summed E-state index contributed by atoms with van der Waals surface area (Å²) in [6.07, 6.45) is 5.84. The van der Waals surface area contributed by atoms with Gasteiger partial charge in [-0.3, -0.25) is 4.90 Å². The van der Waals surface area contributed by atoms with Gasteiger partial charge < -0.3 is 10.5 Å². The quantitative estimate of drug-likeness (QED) is 0.946. The summed E-state index contributed by atoms with van der Waals surface area (Å²) < 4.78 is 7.19. The number of carbonyl (C=O) groups is 1. The second kappa shape index (κ2) is 6.51. The fourth-order valence-electron chi connectivity index (χ4n) is 2.72. The van der Waals surface area contributed by atoms with Crippen LogP contribution in [-0.2, 0) is 11.3 Å². The van der Waals surface area contributed by atoms with Crippen molar-refractivity contribution < 1.29 is 9.53 Å². The van der Waals surface area contributed by atoms with E-state index in [1.807, 2.05) is 30.3 Å². The van der Waals surface area contributed by atoms with E-state index in [-0.39, 0.29) is 18.9 Å². The largest absolute Gasteiger partial charge is 0.444 e. The van der Waals surface area contributed by atoms with Crippen LogP contribution in [0, 0.1) is 0 Å². The summed E-state index contributed by atoms with van der Waals surface area (Å²) in [6, 6.07) is 9.68. The second-order valence-electron chi connectivity index (χ2n) is 5.46.